The molecule has 1 amide bonds. The minimum atomic E-state index is -0.169. The molecule has 0 aromatic rings. The second-order valence-electron chi connectivity index (χ2n) is 5.70. The molecule has 1 atom stereocenters. The van der Waals surface area contributed by atoms with Crippen molar-refractivity contribution in [1.29, 1.82) is 0 Å². The Morgan fingerprint density at radius 2 is 2.11 bits per heavy atom. The third kappa shape index (κ3) is 5.49. The van der Waals surface area contributed by atoms with E-state index in [1.54, 1.807) is 0 Å². The Bertz CT molecular complexity index is 245. The zero-order chi connectivity index (χ0) is 14.0. The first-order chi connectivity index (χ1) is 9.25. The SMILES string of the molecule is CCCC1(C(=O)NCCCCCCO)CCCNC1. The quantitative estimate of drug-likeness (QED) is 0.560. The smallest absolute Gasteiger partial charge is 0.227 e. The molecule has 1 unspecified atom stereocenters. The van der Waals surface area contributed by atoms with Crippen LogP contribution in [0.2, 0.25) is 0 Å². The van der Waals surface area contributed by atoms with Crippen LogP contribution in [-0.2, 0) is 4.79 Å². The van der Waals surface area contributed by atoms with E-state index in [0.717, 1.165) is 71.0 Å². The van der Waals surface area contributed by atoms with Gasteiger partial charge in [0.2, 0.25) is 5.91 Å². The van der Waals surface area contributed by atoms with E-state index in [-0.39, 0.29) is 17.9 Å². The molecule has 1 fully saturated rings. The lowest BCUT2D eigenvalue weighted by atomic mass is 9.76. The van der Waals surface area contributed by atoms with E-state index in [1.165, 1.54) is 0 Å². The summed E-state index contributed by atoms with van der Waals surface area (Å²) < 4.78 is 0. The highest BCUT2D eigenvalue weighted by atomic mass is 16.2. The van der Waals surface area contributed by atoms with Gasteiger partial charge < -0.3 is 15.7 Å². The monoisotopic (exact) mass is 270 g/mol. The molecule has 1 heterocycles. The van der Waals surface area contributed by atoms with E-state index in [1.807, 2.05) is 0 Å². The average molecular weight is 270 g/mol. The van der Waals surface area contributed by atoms with Gasteiger partial charge in [0.25, 0.3) is 0 Å². The summed E-state index contributed by atoms with van der Waals surface area (Å²) in [5.74, 6) is 0.240. The Kier molecular flexibility index (Phi) is 8.07. The van der Waals surface area contributed by atoms with Gasteiger partial charge >= 0.3 is 0 Å². The zero-order valence-corrected chi connectivity index (χ0v) is 12.3. The van der Waals surface area contributed by atoms with Gasteiger partial charge in [-0.1, -0.05) is 26.2 Å². The summed E-state index contributed by atoms with van der Waals surface area (Å²) in [5, 5.41) is 15.2. The lowest BCUT2D eigenvalue weighted by Crippen LogP contribution is -2.50. The van der Waals surface area contributed by atoms with E-state index >= 15 is 0 Å². The Morgan fingerprint density at radius 1 is 1.32 bits per heavy atom. The van der Waals surface area contributed by atoms with Crippen LogP contribution in [0.4, 0.5) is 0 Å². The highest BCUT2D eigenvalue weighted by Crippen LogP contribution is 2.31. The van der Waals surface area contributed by atoms with Crippen LogP contribution in [0.5, 0.6) is 0 Å². The molecule has 0 radical (unpaired) electrons. The van der Waals surface area contributed by atoms with E-state index < -0.39 is 0 Å². The number of nitrogens with one attached hydrogen (secondary N) is 2. The molecular formula is C15H30N2O2. The molecule has 0 saturated carbocycles. The van der Waals surface area contributed by atoms with Crippen molar-refractivity contribution in [3.05, 3.63) is 0 Å². The van der Waals surface area contributed by atoms with Crippen molar-refractivity contribution in [1.82, 2.24) is 10.6 Å². The Labute approximate surface area is 117 Å². The molecule has 0 spiro atoms. The van der Waals surface area contributed by atoms with Crippen LogP contribution in [0.3, 0.4) is 0 Å². The molecule has 1 rings (SSSR count). The van der Waals surface area contributed by atoms with Crippen molar-refractivity contribution in [2.75, 3.05) is 26.2 Å². The third-order valence-corrected chi connectivity index (χ3v) is 4.05. The maximum atomic E-state index is 12.4. The molecule has 0 aliphatic carbocycles. The molecule has 4 heteroatoms. The van der Waals surface area contributed by atoms with Crippen molar-refractivity contribution < 1.29 is 9.90 Å². The van der Waals surface area contributed by atoms with Crippen molar-refractivity contribution >= 4 is 5.91 Å². The number of amides is 1. The fraction of sp³-hybridized carbons (Fsp3) is 0.933. The molecule has 1 aliphatic rings. The zero-order valence-electron chi connectivity index (χ0n) is 12.3. The fourth-order valence-electron chi connectivity index (χ4n) is 2.95. The van der Waals surface area contributed by atoms with Gasteiger partial charge in [-0.15, -0.1) is 0 Å². The van der Waals surface area contributed by atoms with Gasteiger partial charge in [-0.3, -0.25) is 4.79 Å². The van der Waals surface area contributed by atoms with E-state index in [2.05, 4.69) is 17.6 Å². The number of aliphatic hydroxyl groups is 1. The van der Waals surface area contributed by atoms with Crippen LogP contribution < -0.4 is 10.6 Å². The van der Waals surface area contributed by atoms with Gasteiger partial charge in [0.15, 0.2) is 0 Å². The summed E-state index contributed by atoms with van der Waals surface area (Å²) in [6.45, 7) is 5.07. The summed E-state index contributed by atoms with van der Waals surface area (Å²) in [5.41, 5.74) is -0.169. The number of carbonyl (C=O) groups is 1. The van der Waals surface area contributed by atoms with Crippen molar-refractivity contribution in [3.8, 4) is 0 Å². The van der Waals surface area contributed by atoms with Gasteiger partial charge in [0.05, 0.1) is 5.41 Å². The maximum Gasteiger partial charge on any atom is 0.227 e. The highest BCUT2D eigenvalue weighted by molar-refractivity contribution is 5.83. The third-order valence-electron chi connectivity index (χ3n) is 4.05. The number of unbranched alkanes of at least 4 members (excludes halogenated alkanes) is 3. The number of piperidine rings is 1. The van der Waals surface area contributed by atoms with E-state index in [0.29, 0.717) is 0 Å². The average Bonchev–Trinajstić information content (AvgIpc) is 2.44. The lowest BCUT2D eigenvalue weighted by molar-refractivity contribution is -0.132. The molecule has 112 valence electrons. The van der Waals surface area contributed by atoms with Crippen LogP contribution in [0, 0.1) is 5.41 Å². The summed E-state index contributed by atoms with van der Waals surface area (Å²) in [6, 6.07) is 0. The second kappa shape index (κ2) is 9.32. The van der Waals surface area contributed by atoms with Crippen LogP contribution in [-0.4, -0.2) is 37.3 Å². The van der Waals surface area contributed by atoms with Crippen molar-refractivity contribution in [2.45, 2.75) is 58.3 Å². The van der Waals surface area contributed by atoms with Crippen molar-refractivity contribution in [3.63, 3.8) is 0 Å². The number of hydrogen-bond donors (Lipinski definition) is 3. The molecule has 1 aliphatic heterocycles. The van der Waals surface area contributed by atoms with Crippen LogP contribution in [0.1, 0.15) is 58.3 Å². The Hall–Kier alpha value is -0.610. The first kappa shape index (κ1) is 16.4. The molecular weight excluding hydrogens is 240 g/mol. The van der Waals surface area contributed by atoms with Crippen LogP contribution in [0.15, 0.2) is 0 Å². The van der Waals surface area contributed by atoms with Crippen LogP contribution in [0.25, 0.3) is 0 Å². The highest BCUT2D eigenvalue weighted by Gasteiger charge is 2.38. The van der Waals surface area contributed by atoms with Gasteiger partial charge in [0.1, 0.15) is 0 Å². The van der Waals surface area contributed by atoms with E-state index in [9.17, 15) is 4.79 Å². The molecule has 0 aromatic carbocycles. The number of hydrogen-bond acceptors (Lipinski definition) is 3. The summed E-state index contributed by atoms with van der Waals surface area (Å²) in [7, 11) is 0. The lowest BCUT2D eigenvalue weighted by Gasteiger charge is -2.36. The van der Waals surface area contributed by atoms with Gasteiger partial charge in [-0.2, -0.15) is 0 Å². The molecule has 4 nitrogen and oxygen atoms in total. The van der Waals surface area contributed by atoms with Gasteiger partial charge in [0, 0.05) is 19.7 Å². The number of carbonyl (C=O) groups excluding carboxylic acids is 1. The minimum Gasteiger partial charge on any atom is -0.396 e. The second-order valence-corrected chi connectivity index (χ2v) is 5.70. The molecule has 0 bridgehead atoms. The summed E-state index contributed by atoms with van der Waals surface area (Å²) in [4.78, 5) is 12.4. The molecule has 3 N–H and O–H groups in total. The summed E-state index contributed by atoms with van der Waals surface area (Å²) in [6.07, 6.45) is 8.18. The predicted molar refractivity (Wildman–Crippen MR) is 78.0 cm³/mol. The summed E-state index contributed by atoms with van der Waals surface area (Å²) >= 11 is 0. The standard InChI is InChI=1S/C15H30N2O2/c1-2-8-15(9-7-10-16-13-15)14(19)17-11-5-3-4-6-12-18/h16,18H,2-13H2,1H3,(H,17,19). The normalized spacial score (nSPS) is 23.3. The first-order valence-corrected chi connectivity index (χ1v) is 7.85. The van der Waals surface area contributed by atoms with Gasteiger partial charge in [-0.25, -0.2) is 0 Å². The van der Waals surface area contributed by atoms with Crippen LogP contribution >= 0.6 is 0 Å². The minimum absolute atomic E-state index is 0.169. The largest absolute Gasteiger partial charge is 0.396 e. The molecule has 0 aromatic heterocycles. The Morgan fingerprint density at radius 3 is 2.74 bits per heavy atom. The fourth-order valence-corrected chi connectivity index (χ4v) is 2.95. The topological polar surface area (TPSA) is 61.4 Å². The number of rotatable bonds is 9. The van der Waals surface area contributed by atoms with Gasteiger partial charge in [-0.05, 0) is 38.6 Å². The molecule has 19 heavy (non-hydrogen) atoms. The predicted octanol–water partition coefficient (Wildman–Crippen LogP) is 1.83. The number of aliphatic hydroxyl groups excluding tert-OH is 1. The van der Waals surface area contributed by atoms with E-state index in [4.69, 9.17) is 5.11 Å². The van der Waals surface area contributed by atoms with Crippen molar-refractivity contribution in [2.24, 2.45) is 5.41 Å². The first-order valence-electron chi connectivity index (χ1n) is 7.85. The maximum absolute atomic E-state index is 12.4. The Balaban J connectivity index is 2.28. The molecule has 1 saturated heterocycles.